The summed E-state index contributed by atoms with van der Waals surface area (Å²) in [5.41, 5.74) is 2.43. The molecule has 2 rings (SSSR count). The molecule has 0 radical (unpaired) electrons. The first kappa shape index (κ1) is 14.5. The van der Waals surface area contributed by atoms with Crippen molar-refractivity contribution in [1.82, 2.24) is 0 Å². The summed E-state index contributed by atoms with van der Waals surface area (Å²) in [6.07, 6.45) is 0.323. The number of nitrogens with one attached hydrogen (secondary N) is 2. The van der Waals surface area contributed by atoms with E-state index in [4.69, 9.17) is 0 Å². The van der Waals surface area contributed by atoms with Crippen molar-refractivity contribution in [3.63, 3.8) is 0 Å². The van der Waals surface area contributed by atoms with Gasteiger partial charge in [0.05, 0.1) is 30.7 Å². The Kier molecular flexibility index (Phi) is 4.68. The van der Waals surface area contributed by atoms with Crippen LogP contribution in [0.5, 0.6) is 0 Å². The van der Waals surface area contributed by atoms with Gasteiger partial charge < -0.3 is 15.4 Å². The minimum absolute atomic E-state index is 0.0435. The van der Waals surface area contributed by atoms with Crippen LogP contribution in [-0.2, 0) is 9.53 Å². The largest absolute Gasteiger partial charge is 0.469 e. The van der Waals surface area contributed by atoms with Gasteiger partial charge in [0, 0.05) is 11.3 Å². The lowest BCUT2D eigenvalue weighted by atomic mass is 10.1. The minimum atomic E-state index is -0.253. The number of anilines is 2. The van der Waals surface area contributed by atoms with Crippen molar-refractivity contribution in [3.05, 3.63) is 36.2 Å². The van der Waals surface area contributed by atoms with Gasteiger partial charge in [0.2, 0.25) is 0 Å². The zero-order valence-corrected chi connectivity index (χ0v) is 12.0. The second-order valence-electron chi connectivity index (χ2n) is 4.29. The van der Waals surface area contributed by atoms with Crippen LogP contribution in [0.4, 0.5) is 11.4 Å². The van der Waals surface area contributed by atoms with Crippen molar-refractivity contribution in [1.29, 1.82) is 0 Å². The van der Waals surface area contributed by atoms with E-state index >= 15 is 0 Å². The molecule has 0 spiro atoms. The molecule has 1 heterocycles. The van der Waals surface area contributed by atoms with Crippen molar-refractivity contribution in [2.75, 3.05) is 29.2 Å². The second-order valence-corrected chi connectivity index (χ2v) is 5.40. The number of thioether (sulfide) groups is 1. The highest BCUT2D eigenvalue weighted by Crippen LogP contribution is 2.30. The second kappa shape index (κ2) is 6.47. The normalized spacial score (nSPS) is 12.3. The first-order valence-electron chi connectivity index (χ1n) is 6.15. The molecule has 0 bridgehead atoms. The fourth-order valence-electron chi connectivity index (χ4n) is 1.79. The number of fused-ring (bicyclic) bond motifs is 1. The molecule has 1 aromatic rings. The summed E-state index contributed by atoms with van der Waals surface area (Å²) in [5.74, 6) is 1.43. The van der Waals surface area contributed by atoms with Gasteiger partial charge in [-0.3, -0.25) is 9.59 Å². The monoisotopic (exact) mass is 292 g/mol. The smallest absolute Gasteiger partial charge is 0.306 e. The Labute approximate surface area is 121 Å². The Morgan fingerprint density at radius 3 is 2.80 bits per heavy atom. The molecule has 20 heavy (non-hydrogen) atoms. The molecular weight excluding hydrogens is 276 g/mol. The lowest BCUT2D eigenvalue weighted by Gasteiger charge is -2.04. The third-order valence-corrected chi connectivity index (χ3v) is 3.78. The van der Waals surface area contributed by atoms with Crippen LogP contribution in [0.3, 0.4) is 0 Å². The Bertz CT molecular complexity index is 557. The summed E-state index contributed by atoms with van der Waals surface area (Å²) in [7, 11) is 1.36. The molecule has 0 amide bonds. The van der Waals surface area contributed by atoms with Crippen molar-refractivity contribution < 1.29 is 14.3 Å². The van der Waals surface area contributed by atoms with Crippen LogP contribution in [-0.4, -0.2) is 30.4 Å². The maximum absolute atomic E-state index is 12.0. The molecule has 2 N–H and O–H groups in total. The molecular formula is C14H16N2O3S. The van der Waals surface area contributed by atoms with E-state index in [1.165, 1.54) is 18.9 Å². The molecule has 0 aliphatic carbocycles. The first-order valence-corrected chi connectivity index (χ1v) is 7.30. The molecule has 0 saturated heterocycles. The highest BCUT2D eigenvalue weighted by molar-refractivity contribution is 8.00. The van der Waals surface area contributed by atoms with Crippen LogP contribution in [0, 0.1) is 0 Å². The number of ether oxygens (including phenoxy) is 1. The standard InChI is InChI=1S/C14H16N2O3S/c1-9-15-11-4-3-10(7-12(11)16-9)13(17)8-20-6-5-14(18)19-2/h3-4,7,15-16H,1,5-6,8H2,2H3. The van der Waals surface area contributed by atoms with Crippen LogP contribution in [0.1, 0.15) is 16.8 Å². The molecule has 6 heteroatoms. The average molecular weight is 292 g/mol. The van der Waals surface area contributed by atoms with E-state index in [0.717, 1.165) is 11.4 Å². The molecule has 0 unspecified atom stereocenters. The summed E-state index contributed by atoms with van der Waals surface area (Å²) in [6, 6.07) is 5.45. The summed E-state index contributed by atoms with van der Waals surface area (Å²) in [5, 5.41) is 6.12. The average Bonchev–Trinajstić information content (AvgIpc) is 2.81. The van der Waals surface area contributed by atoms with E-state index in [9.17, 15) is 9.59 Å². The first-order chi connectivity index (χ1) is 9.60. The molecule has 1 aliphatic rings. The lowest BCUT2D eigenvalue weighted by molar-refractivity contribution is -0.140. The van der Waals surface area contributed by atoms with Crippen LogP contribution in [0.25, 0.3) is 0 Å². The third-order valence-electron chi connectivity index (χ3n) is 2.82. The molecule has 1 aliphatic heterocycles. The summed E-state index contributed by atoms with van der Waals surface area (Å²) in [4.78, 5) is 23.0. The van der Waals surface area contributed by atoms with Gasteiger partial charge in [-0.25, -0.2) is 0 Å². The SMILES string of the molecule is C=C1Nc2ccc(C(=O)CSCCC(=O)OC)cc2N1. The van der Waals surface area contributed by atoms with E-state index in [2.05, 4.69) is 21.9 Å². The van der Waals surface area contributed by atoms with Gasteiger partial charge >= 0.3 is 5.97 Å². The van der Waals surface area contributed by atoms with Crippen molar-refractivity contribution in [2.24, 2.45) is 0 Å². The van der Waals surface area contributed by atoms with Crippen LogP contribution < -0.4 is 10.6 Å². The Balaban J connectivity index is 1.86. The summed E-state index contributed by atoms with van der Waals surface area (Å²) >= 11 is 1.43. The Morgan fingerprint density at radius 2 is 2.05 bits per heavy atom. The summed E-state index contributed by atoms with van der Waals surface area (Å²) < 4.78 is 4.54. The van der Waals surface area contributed by atoms with Gasteiger partial charge in [-0.1, -0.05) is 6.58 Å². The zero-order valence-electron chi connectivity index (χ0n) is 11.2. The van der Waals surface area contributed by atoms with Crippen molar-refractivity contribution >= 4 is 34.9 Å². The zero-order chi connectivity index (χ0) is 14.5. The number of ketones is 1. The van der Waals surface area contributed by atoms with E-state index in [0.29, 0.717) is 29.3 Å². The van der Waals surface area contributed by atoms with Crippen LogP contribution >= 0.6 is 11.8 Å². The van der Waals surface area contributed by atoms with Gasteiger partial charge in [-0.15, -0.1) is 0 Å². The molecule has 1 aromatic carbocycles. The molecule has 0 atom stereocenters. The highest BCUT2D eigenvalue weighted by Gasteiger charge is 2.15. The fourth-order valence-corrected chi connectivity index (χ4v) is 2.60. The lowest BCUT2D eigenvalue weighted by Crippen LogP contribution is -2.06. The predicted molar refractivity (Wildman–Crippen MR) is 81.1 cm³/mol. The maximum atomic E-state index is 12.0. The van der Waals surface area contributed by atoms with E-state index in [1.807, 2.05) is 12.1 Å². The molecule has 0 aromatic heterocycles. The highest BCUT2D eigenvalue weighted by atomic mass is 32.2. The third kappa shape index (κ3) is 3.54. The number of esters is 1. The van der Waals surface area contributed by atoms with E-state index in [-0.39, 0.29) is 11.8 Å². The minimum Gasteiger partial charge on any atom is -0.469 e. The summed E-state index contributed by atoms with van der Waals surface area (Å²) in [6.45, 7) is 3.77. The van der Waals surface area contributed by atoms with E-state index in [1.54, 1.807) is 6.07 Å². The molecule has 5 nitrogen and oxygen atoms in total. The number of rotatable bonds is 6. The van der Waals surface area contributed by atoms with E-state index < -0.39 is 0 Å². The quantitative estimate of drug-likeness (QED) is 0.477. The number of benzene rings is 1. The molecule has 106 valence electrons. The number of hydrogen-bond donors (Lipinski definition) is 2. The Hall–Kier alpha value is -1.95. The fraction of sp³-hybridized carbons (Fsp3) is 0.286. The van der Waals surface area contributed by atoms with Crippen molar-refractivity contribution in [3.8, 4) is 0 Å². The predicted octanol–water partition coefficient (Wildman–Crippen LogP) is 2.47. The van der Waals surface area contributed by atoms with Crippen molar-refractivity contribution in [2.45, 2.75) is 6.42 Å². The Morgan fingerprint density at radius 1 is 1.30 bits per heavy atom. The molecule has 0 fully saturated rings. The van der Waals surface area contributed by atoms with Gasteiger partial charge in [0.25, 0.3) is 0 Å². The van der Waals surface area contributed by atoms with Crippen LogP contribution in [0.2, 0.25) is 0 Å². The van der Waals surface area contributed by atoms with Gasteiger partial charge in [0.1, 0.15) is 5.82 Å². The topological polar surface area (TPSA) is 67.4 Å². The number of carbonyl (C=O) groups excluding carboxylic acids is 2. The number of hydrogen-bond acceptors (Lipinski definition) is 6. The van der Waals surface area contributed by atoms with Gasteiger partial charge in [-0.2, -0.15) is 11.8 Å². The van der Waals surface area contributed by atoms with Gasteiger partial charge in [0.15, 0.2) is 5.78 Å². The number of carbonyl (C=O) groups is 2. The van der Waals surface area contributed by atoms with Gasteiger partial charge in [-0.05, 0) is 18.2 Å². The van der Waals surface area contributed by atoms with Crippen LogP contribution in [0.15, 0.2) is 30.6 Å². The molecule has 0 saturated carbocycles. The number of Topliss-reactive ketones (excluding diaryl/α,β-unsaturated/α-hetero) is 1. The maximum Gasteiger partial charge on any atom is 0.306 e. The number of methoxy groups -OCH3 is 1.